The van der Waals surface area contributed by atoms with Crippen molar-refractivity contribution in [3.8, 4) is 0 Å². The number of likely N-dealkylation sites (tertiary alicyclic amines) is 1. The van der Waals surface area contributed by atoms with E-state index < -0.39 is 18.4 Å². The van der Waals surface area contributed by atoms with Crippen LogP contribution in [-0.2, 0) is 20.9 Å². The van der Waals surface area contributed by atoms with Crippen LogP contribution in [0.15, 0.2) is 54.6 Å². The summed E-state index contributed by atoms with van der Waals surface area (Å²) in [6, 6.07) is 16.6. The number of hydrogen-bond donors (Lipinski definition) is 1. The first-order valence-electron chi connectivity index (χ1n) is 8.85. The third-order valence-electron chi connectivity index (χ3n) is 4.69. The van der Waals surface area contributed by atoms with Crippen molar-refractivity contribution in [2.75, 3.05) is 18.0 Å². The highest BCUT2D eigenvalue weighted by Gasteiger charge is 2.37. The number of benzene rings is 2. The van der Waals surface area contributed by atoms with E-state index in [2.05, 4.69) is 0 Å². The molecule has 2 aromatic carbocycles. The van der Waals surface area contributed by atoms with Crippen LogP contribution in [0.5, 0.6) is 0 Å². The van der Waals surface area contributed by atoms with Crippen molar-refractivity contribution in [1.82, 2.24) is 4.90 Å². The van der Waals surface area contributed by atoms with Gasteiger partial charge in [0.2, 0.25) is 11.8 Å². The number of aryl methyl sites for hydroxylation is 1. The summed E-state index contributed by atoms with van der Waals surface area (Å²) >= 11 is 0. The Morgan fingerprint density at radius 3 is 2.41 bits per heavy atom. The zero-order chi connectivity index (χ0) is 19.4. The van der Waals surface area contributed by atoms with Crippen molar-refractivity contribution >= 4 is 23.5 Å². The number of hydrogen-bond acceptors (Lipinski definition) is 3. The maximum absolute atomic E-state index is 13.0. The quantitative estimate of drug-likeness (QED) is 0.852. The fourth-order valence-electron chi connectivity index (χ4n) is 3.26. The molecular formula is C21H22N2O4. The standard InChI is InChI=1S/C21H22N2O4/c1-15-7-9-16(10-8-15)12-22-13-17(11-19(22)24)21(27)23(14-20(25)26)18-5-3-2-4-6-18/h2-10,17H,11-14H2,1H3,(H,25,26). The summed E-state index contributed by atoms with van der Waals surface area (Å²) in [6.45, 7) is 2.33. The Hall–Kier alpha value is -3.15. The molecule has 0 saturated carbocycles. The maximum atomic E-state index is 13.0. The van der Waals surface area contributed by atoms with Gasteiger partial charge in [-0.15, -0.1) is 0 Å². The molecule has 1 unspecified atom stereocenters. The smallest absolute Gasteiger partial charge is 0.323 e. The molecule has 1 N–H and O–H groups in total. The van der Waals surface area contributed by atoms with Gasteiger partial charge in [0.1, 0.15) is 6.54 Å². The monoisotopic (exact) mass is 366 g/mol. The molecule has 1 fully saturated rings. The van der Waals surface area contributed by atoms with Gasteiger partial charge in [-0.2, -0.15) is 0 Å². The summed E-state index contributed by atoms with van der Waals surface area (Å²) in [5.41, 5.74) is 2.67. The van der Waals surface area contributed by atoms with Gasteiger partial charge in [-0.05, 0) is 24.6 Å². The van der Waals surface area contributed by atoms with Crippen LogP contribution in [0.2, 0.25) is 0 Å². The second-order valence-corrected chi connectivity index (χ2v) is 6.81. The van der Waals surface area contributed by atoms with E-state index in [-0.39, 0.29) is 18.2 Å². The van der Waals surface area contributed by atoms with Crippen molar-refractivity contribution in [2.24, 2.45) is 5.92 Å². The lowest BCUT2D eigenvalue weighted by molar-refractivity contribution is -0.137. The number of carboxylic acids is 1. The number of anilines is 1. The Labute approximate surface area is 158 Å². The molecule has 1 atom stereocenters. The highest BCUT2D eigenvalue weighted by Crippen LogP contribution is 2.25. The molecule has 2 amide bonds. The van der Waals surface area contributed by atoms with Crippen LogP contribution in [0.25, 0.3) is 0 Å². The Kier molecular flexibility index (Phi) is 5.54. The average molecular weight is 366 g/mol. The summed E-state index contributed by atoms with van der Waals surface area (Å²) in [6.07, 6.45) is 0.105. The van der Waals surface area contributed by atoms with Crippen LogP contribution in [0.1, 0.15) is 17.5 Å². The minimum absolute atomic E-state index is 0.0859. The number of carbonyl (C=O) groups excluding carboxylic acids is 2. The lowest BCUT2D eigenvalue weighted by Gasteiger charge is -2.24. The van der Waals surface area contributed by atoms with Gasteiger partial charge in [0.25, 0.3) is 0 Å². The summed E-state index contributed by atoms with van der Waals surface area (Å²) in [7, 11) is 0. The first-order chi connectivity index (χ1) is 12.9. The number of carboxylic acid groups (broad SMARTS) is 1. The topological polar surface area (TPSA) is 77.9 Å². The highest BCUT2D eigenvalue weighted by atomic mass is 16.4. The summed E-state index contributed by atoms with van der Waals surface area (Å²) in [4.78, 5) is 39.5. The van der Waals surface area contributed by atoms with Crippen molar-refractivity contribution in [3.63, 3.8) is 0 Å². The third kappa shape index (κ3) is 4.53. The van der Waals surface area contributed by atoms with Crippen molar-refractivity contribution < 1.29 is 19.5 Å². The minimum Gasteiger partial charge on any atom is -0.480 e. The molecule has 6 heteroatoms. The van der Waals surface area contributed by atoms with Gasteiger partial charge in [0, 0.05) is 25.2 Å². The van der Waals surface area contributed by atoms with Gasteiger partial charge in [0.05, 0.1) is 5.92 Å². The molecule has 140 valence electrons. The number of aliphatic carboxylic acids is 1. The molecule has 0 bridgehead atoms. The Morgan fingerprint density at radius 2 is 1.78 bits per heavy atom. The highest BCUT2D eigenvalue weighted by molar-refractivity contribution is 6.01. The van der Waals surface area contributed by atoms with Crippen molar-refractivity contribution in [3.05, 3.63) is 65.7 Å². The van der Waals surface area contributed by atoms with E-state index in [4.69, 9.17) is 0 Å². The number of nitrogens with zero attached hydrogens (tertiary/aromatic N) is 2. The maximum Gasteiger partial charge on any atom is 0.323 e. The second-order valence-electron chi connectivity index (χ2n) is 6.81. The van der Waals surface area contributed by atoms with E-state index in [1.54, 1.807) is 35.2 Å². The predicted octanol–water partition coefficient (Wildman–Crippen LogP) is 2.46. The Balaban J connectivity index is 1.73. The van der Waals surface area contributed by atoms with E-state index in [1.165, 1.54) is 4.90 Å². The summed E-state index contributed by atoms with van der Waals surface area (Å²) in [5, 5.41) is 9.19. The predicted molar refractivity (Wildman–Crippen MR) is 101 cm³/mol. The molecule has 6 nitrogen and oxygen atoms in total. The molecule has 0 spiro atoms. The van der Waals surface area contributed by atoms with E-state index in [0.717, 1.165) is 11.1 Å². The van der Waals surface area contributed by atoms with Gasteiger partial charge in [0.15, 0.2) is 0 Å². The van der Waals surface area contributed by atoms with Crippen LogP contribution in [0.3, 0.4) is 0 Å². The summed E-state index contributed by atoms with van der Waals surface area (Å²) in [5.74, 6) is -2.05. The van der Waals surface area contributed by atoms with Gasteiger partial charge < -0.3 is 14.9 Å². The molecular weight excluding hydrogens is 344 g/mol. The minimum atomic E-state index is -1.09. The van der Waals surface area contributed by atoms with Gasteiger partial charge in [-0.25, -0.2) is 0 Å². The molecule has 0 aliphatic carbocycles. The lowest BCUT2D eigenvalue weighted by atomic mass is 10.1. The van der Waals surface area contributed by atoms with Crippen LogP contribution in [0, 0.1) is 12.8 Å². The van der Waals surface area contributed by atoms with Crippen molar-refractivity contribution in [2.45, 2.75) is 19.9 Å². The molecule has 1 heterocycles. The molecule has 3 rings (SSSR count). The van der Waals surface area contributed by atoms with Gasteiger partial charge >= 0.3 is 5.97 Å². The number of rotatable bonds is 6. The van der Waals surface area contributed by atoms with Crippen LogP contribution in [0.4, 0.5) is 5.69 Å². The zero-order valence-corrected chi connectivity index (χ0v) is 15.2. The molecule has 27 heavy (non-hydrogen) atoms. The van der Waals surface area contributed by atoms with Crippen LogP contribution >= 0.6 is 0 Å². The normalized spacial score (nSPS) is 16.4. The van der Waals surface area contributed by atoms with Gasteiger partial charge in [-0.3, -0.25) is 14.4 Å². The number of carbonyl (C=O) groups is 3. The number of para-hydroxylation sites is 1. The van der Waals surface area contributed by atoms with E-state index in [0.29, 0.717) is 18.8 Å². The lowest BCUT2D eigenvalue weighted by Crippen LogP contribution is -2.40. The number of amides is 2. The first-order valence-corrected chi connectivity index (χ1v) is 8.85. The molecule has 1 aliphatic heterocycles. The van der Waals surface area contributed by atoms with Gasteiger partial charge in [-0.1, -0.05) is 48.0 Å². The molecule has 1 aliphatic rings. The summed E-state index contributed by atoms with van der Waals surface area (Å²) < 4.78 is 0. The third-order valence-corrected chi connectivity index (χ3v) is 4.69. The molecule has 0 radical (unpaired) electrons. The fourth-order valence-corrected chi connectivity index (χ4v) is 3.26. The largest absolute Gasteiger partial charge is 0.480 e. The SMILES string of the molecule is Cc1ccc(CN2CC(C(=O)N(CC(=O)O)c3ccccc3)CC2=O)cc1. The Bertz CT molecular complexity index is 833. The van der Waals surface area contributed by atoms with E-state index >= 15 is 0 Å². The fraction of sp³-hybridized carbons (Fsp3) is 0.286. The van der Waals surface area contributed by atoms with Crippen LogP contribution in [-0.4, -0.2) is 40.9 Å². The molecule has 2 aromatic rings. The van der Waals surface area contributed by atoms with Crippen molar-refractivity contribution in [1.29, 1.82) is 0 Å². The first kappa shape index (κ1) is 18.6. The van der Waals surface area contributed by atoms with Crippen LogP contribution < -0.4 is 4.90 Å². The van der Waals surface area contributed by atoms with E-state index in [9.17, 15) is 19.5 Å². The zero-order valence-electron chi connectivity index (χ0n) is 15.2. The Morgan fingerprint density at radius 1 is 1.11 bits per heavy atom. The van der Waals surface area contributed by atoms with E-state index in [1.807, 2.05) is 31.2 Å². The molecule has 0 aromatic heterocycles. The molecule has 1 saturated heterocycles. The average Bonchev–Trinajstić information content (AvgIpc) is 3.02. The second kappa shape index (κ2) is 8.03.